The van der Waals surface area contributed by atoms with E-state index in [4.69, 9.17) is 10.6 Å². The van der Waals surface area contributed by atoms with E-state index < -0.39 is 10.0 Å². The summed E-state index contributed by atoms with van der Waals surface area (Å²) in [5.41, 5.74) is 1.14. The van der Waals surface area contributed by atoms with Gasteiger partial charge < -0.3 is 4.74 Å². The van der Waals surface area contributed by atoms with Crippen molar-refractivity contribution in [2.45, 2.75) is 11.8 Å². The van der Waals surface area contributed by atoms with Crippen molar-refractivity contribution < 1.29 is 13.2 Å². The quantitative estimate of drug-likeness (QED) is 0.661. The number of nitrogens with one attached hydrogen (secondary N) is 1. The molecule has 0 unspecified atom stereocenters. The first kappa shape index (κ1) is 13.5. The molecule has 0 saturated carbocycles. The summed E-state index contributed by atoms with van der Waals surface area (Å²) < 4.78 is 28.5. The standard InChI is InChI=1S/C13H14N2O3S/c1-10-2-4-11(5-3-10)18-12-6-8-13(9-7-12)19(16,17)15-14/h2-9,15H,14H2,1H3. The highest BCUT2D eigenvalue weighted by atomic mass is 32.2. The molecule has 0 atom stereocenters. The number of ether oxygens (including phenoxy) is 1. The van der Waals surface area contributed by atoms with Crippen molar-refractivity contribution in [2.75, 3.05) is 0 Å². The van der Waals surface area contributed by atoms with E-state index in [1.54, 1.807) is 17.0 Å². The third-order valence-electron chi connectivity index (χ3n) is 2.55. The Bertz CT molecular complexity index is 649. The zero-order chi connectivity index (χ0) is 13.9. The third-order valence-corrected chi connectivity index (χ3v) is 3.75. The van der Waals surface area contributed by atoms with Crippen molar-refractivity contribution in [3.63, 3.8) is 0 Å². The SMILES string of the molecule is Cc1ccc(Oc2ccc(S(=O)(=O)NN)cc2)cc1. The van der Waals surface area contributed by atoms with Crippen molar-refractivity contribution in [3.8, 4) is 11.5 Å². The topological polar surface area (TPSA) is 81.4 Å². The predicted molar refractivity (Wildman–Crippen MR) is 72.2 cm³/mol. The molecule has 0 aromatic heterocycles. The van der Waals surface area contributed by atoms with Gasteiger partial charge in [-0.3, -0.25) is 5.84 Å². The van der Waals surface area contributed by atoms with Crippen LogP contribution in [-0.2, 0) is 10.0 Å². The maximum atomic E-state index is 11.4. The first-order chi connectivity index (χ1) is 9.01. The zero-order valence-electron chi connectivity index (χ0n) is 10.3. The molecule has 0 spiro atoms. The van der Waals surface area contributed by atoms with Crippen molar-refractivity contribution in [1.29, 1.82) is 0 Å². The lowest BCUT2D eigenvalue weighted by atomic mass is 10.2. The molecule has 100 valence electrons. The average Bonchev–Trinajstić information content (AvgIpc) is 2.42. The zero-order valence-corrected chi connectivity index (χ0v) is 11.1. The Morgan fingerprint density at radius 3 is 1.89 bits per heavy atom. The van der Waals surface area contributed by atoms with Crippen LogP contribution in [0, 0.1) is 6.92 Å². The molecule has 0 radical (unpaired) electrons. The van der Waals surface area contributed by atoms with E-state index in [2.05, 4.69) is 0 Å². The second-order valence-electron chi connectivity index (χ2n) is 4.01. The molecular weight excluding hydrogens is 264 g/mol. The fourth-order valence-electron chi connectivity index (χ4n) is 1.50. The number of hydrogen-bond acceptors (Lipinski definition) is 4. The van der Waals surface area contributed by atoms with Crippen molar-refractivity contribution >= 4 is 10.0 Å². The van der Waals surface area contributed by atoms with Crippen molar-refractivity contribution in [3.05, 3.63) is 54.1 Å². The van der Waals surface area contributed by atoms with E-state index in [1.165, 1.54) is 12.1 Å². The van der Waals surface area contributed by atoms with E-state index in [0.29, 0.717) is 11.5 Å². The monoisotopic (exact) mass is 278 g/mol. The smallest absolute Gasteiger partial charge is 0.253 e. The van der Waals surface area contributed by atoms with Gasteiger partial charge in [0.25, 0.3) is 10.0 Å². The van der Waals surface area contributed by atoms with Gasteiger partial charge in [-0.2, -0.15) is 4.83 Å². The van der Waals surface area contributed by atoms with Crippen LogP contribution in [0.15, 0.2) is 53.4 Å². The minimum absolute atomic E-state index is 0.0891. The molecule has 0 aliphatic heterocycles. The number of hydrazine groups is 1. The van der Waals surface area contributed by atoms with Crippen LogP contribution >= 0.6 is 0 Å². The van der Waals surface area contributed by atoms with Gasteiger partial charge in [0.1, 0.15) is 11.5 Å². The van der Waals surface area contributed by atoms with Crippen molar-refractivity contribution in [1.82, 2.24) is 4.83 Å². The molecule has 0 bridgehead atoms. The summed E-state index contributed by atoms with van der Waals surface area (Å²) in [5, 5.41) is 0. The molecule has 19 heavy (non-hydrogen) atoms. The molecular formula is C13H14N2O3S. The summed E-state index contributed by atoms with van der Waals surface area (Å²) in [6.45, 7) is 1.99. The van der Waals surface area contributed by atoms with Gasteiger partial charge in [-0.05, 0) is 43.3 Å². The Labute approximate surface area is 112 Å². The first-order valence-electron chi connectivity index (χ1n) is 5.58. The maximum absolute atomic E-state index is 11.4. The highest BCUT2D eigenvalue weighted by Gasteiger charge is 2.11. The van der Waals surface area contributed by atoms with Gasteiger partial charge in [-0.25, -0.2) is 8.42 Å². The number of hydrogen-bond donors (Lipinski definition) is 2. The van der Waals surface area contributed by atoms with Gasteiger partial charge >= 0.3 is 0 Å². The molecule has 0 amide bonds. The molecule has 0 aliphatic rings. The van der Waals surface area contributed by atoms with E-state index in [9.17, 15) is 8.42 Å². The maximum Gasteiger partial charge on any atom is 0.253 e. The van der Waals surface area contributed by atoms with Gasteiger partial charge in [0, 0.05) is 0 Å². The van der Waals surface area contributed by atoms with Crippen molar-refractivity contribution in [2.24, 2.45) is 5.84 Å². The molecule has 0 aliphatic carbocycles. The summed E-state index contributed by atoms with van der Waals surface area (Å²) in [6, 6.07) is 13.6. The second-order valence-corrected chi connectivity index (χ2v) is 5.72. The summed E-state index contributed by atoms with van der Waals surface area (Å²) in [5.74, 6) is 6.19. The summed E-state index contributed by atoms with van der Waals surface area (Å²) in [7, 11) is -3.62. The Hall–Kier alpha value is -1.89. The lowest BCUT2D eigenvalue weighted by Crippen LogP contribution is -2.30. The normalized spacial score (nSPS) is 11.3. The average molecular weight is 278 g/mol. The van der Waals surface area contributed by atoms with Crippen LogP contribution in [0.1, 0.15) is 5.56 Å². The Morgan fingerprint density at radius 1 is 0.947 bits per heavy atom. The Balaban J connectivity index is 2.17. The molecule has 2 rings (SSSR count). The largest absolute Gasteiger partial charge is 0.457 e. The number of nitrogens with two attached hydrogens (primary N) is 1. The molecule has 5 nitrogen and oxygen atoms in total. The number of aryl methyl sites for hydroxylation is 1. The minimum Gasteiger partial charge on any atom is -0.457 e. The molecule has 3 N–H and O–H groups in total. The van der Waals surface area contributed by atoms with E-state index in [-0.39, 0.29) is 4.90 Å². The summed E-state index contributed by atoms with van der Waals surface area (Å²) in [6.07, 6.45) is 0. The summed E-state index contributed by atoms with van der Waals surface area (Å²) >= 11 is 0. The highest BCUT2D eigenvalue weighted by Crippen LogP contribution is 2.22. The molecule has 0 saturated heterocycles. The summed E-state index contributed by atoms with van der Waals surface area (Å²) in [4.78, 5) is 1.85. The fraction of sp³-hybridized carbons (Fsp3) is 0.0769. The first-order valence-corrected chi connectivity index (χ1v) is 7.06. The van der Waals surface area contributed by atoms with Crippen LogP contribution < -0.4 is 15.4 Å². The van der Waals surface area contributed by atoms with E-state index in [0.717, 1.165) is 5.56 Å². The van der Waals surface area contributed by atoms with Crippen LogP contribution in [-0.4, -0.2) is 8.42 Å². The van der Waals surface area contributed by atoms with Gasteiger partial charge in [-0.15, -0.1) is 0 Å². The predicted octanol–water partition coefficient (Wildman–Crippen LogP) is 1.94. The van der Waals surface area contributed by atoms with Gasteiger partial charge in [0.2, 0.25) is 0 Å². The molecule has 6 heteroatoms. The second kappa shape index (κ2) is 5.40. The van der Waals surface area contributed by atoms with Crippen LogP contribution in [0.25, 0.3) is 0 Å². The lowest BCUT2D eigenvalue weighted by molar-refractivity contribution is 0.482. The lowest BCUT2D eigenvalue weighted by Gasteiger charge is -2.07. The number of rotatable bonds is 4. The minimum atomic E-state index is -3.62. The fourth-order valence-corrected chi connectivity index (χ4v) is 2.13. The van der Waals surface area contributed by atoms with Gasteiger partial charge in [0.05, 0.1) is 4.90 Å². The molecule has 2 aromatic carbocycles. The van der Waals surface area contributed by atoms with E-state index >= 15 is 0 Å². The molecule has 0 heterocycles. The Morgan fingerprint density at radius 2 is 1.42 bits per heavy atom. The van der Waals surface area contributed by atoms with Gasteiger partial charge in [-0.1, -0.05) is 17.7 Å². The van der Waals surface area contributed by atoms with Crippen LogP contribution in [0.5, 0.6) is 11.5 Å². The van der Waals surface area contributed by atoms with Gasteiger partial charge in [0.15, 0.2) is 0 Å². The van der Waals surface area contributed by atoms with E-state index in [1.807, 2.05) is 31.2 Å². The number of benzene rings is 2. The highest BCUT2D eigenvalue weighted by molar-refractivity contribution is 7.89. The molecule has 2 aromatic rings. The number of sulfonamides is 1. The molecule has 0 fully saturated rings. The third kappa shape index (κ3) is 3.31. The van der Waals surface area contributed by atoms with Crippen LogP contribution in [0.4, 0.5) is 0 Å². The van der Waals surface area contributed by atoms with Crippen LogP contribution in [0.3, 0.4) is 0 Å². The Kier molecular flexibility index (Phi) is 3.84. The van der Waals surface area contributed by atoms with Crippen LogP contribution in [0.2, 0.25) is 0 Å².